The number of fused-ring (bicyclic) bond motifs is 1. The molecule has 1 aromatic heterocycles. The van der Waals surface area contributed by atoms with E-state index in [2.05, 4.69) is 10.0 Å². The fourth-order valence-electron chi connectivity index (χ4n) is 1.60. The van der Waals surface area contributed by atoms with Gasteiger partial charge in [-0.05, 0) is 34.0 Å². The summed E-state index contributed by atoms with van der Waals surface area (Å²) in [6.07, 6.45) is -2.12. The fourth-order valence-corrected chi connectivity index (χ4v) is 2.44. The minimum Gasteiger partial charge on any atom is -0.390 e. The number of azide groups is 1. The molecule has 0 aliphatic heterocycles. The number of benzene rings is 1. The van der Waals surface area contributed by atoms with Crippen molar-refractivity contribution in [3.8, 4) is 0 Å². The lowest BCUT2D eigenvalue weighted by Gasteiger charge is -2.16. The average Bonchev–Trinajstić information content (AvgIpc) is 2.81. The minimum atomic E-state index is -1.08. The van der Waals surface area contributed by atoms with Crippen LogP contribution < -0.4 is 0 Å². The van der Waals surface area contributed by atoms with Crippen LogP contribution in [-0.4, -0.2) is 22.9 Å². The van der Waals surface area contributed by atoms with Crippen LogP contribution in [-0.2, 0) is 0 Å². The summed E-state index contributed by atoms with van der Waals surface area (Å²) >= 11 is 1.57. The van der Waals surface area contributed by atoms with E-state index in [-0.39, 0.29) is 6.54 Å². The number of hydrogen-bond donors (Lipinski definition) is 2. The van der Waals surface area contributed by atoms with E-state index < -0.39 is 12.2 Å². The fraction of sp³-hybridized carbons (Fsp3) is 0.273. The molecule has 2 aromatic rings. The number of thiophene rings is 1. The largest absolute Gasteiger partial charge is 0.390 e. The SMILES string of the molecule is [N-]=[N+]=NCC(O)C(O)c1ccc2ccsc2c1. The van der Waals surface area contributed by atoms with Crippen LogP contribution >= 0.6 is 11.3 Å². The van der Waals surface area contributed by atoms with E-state index in [4.69, 9.17) is 5.53 Å². The molecule has 2 unspecified atom stereocenters. The smallest absolute Gasteiger partial charge is 0.105 e. The van der Waals surface area contributed by atoms with Gasteiger partial charge in [0.1, 0.15) is 6.10 Å². The zero-order chi connectivity index (χ0) is 12.3. The second kappa shape index (κ2) is 5.16. The summed E-state index contributed by atoms with van der Waals surface area (Å²) in [7, 11) is 0. The van der Waals surface area contributed by atoms with E-state index in [9.17, 15) is 10.2 Å². The first-order valence-corrected chi connectivity index (χ1v) is 5.94. The lowest BCUT2D eigenvalue weighted by Crippen LogP contribution is -2.20. The monoisotopic (exact) mass is 249 g/mol. The summed E-state index contributed by atoms with van der Waals surface area (Å²) in [6, 6.07) is 7.49. The van der Waals surface area contributed by atoms with Gasteiger partial charge in [-0.25, -0.2) is 0 Å². The van der Waals surface area contributed by atoms with Crippen LogP contribution in [0, 0.1) is 0 Å². The Balaban J connectivity index is 2.22. The molecule has 1 heterocycles. The van der Waals surface area contributed by atoms with Gasteiger partial charge >= 0.3 is 0 Å². The molecule has 6 heteroatoms. The molecule has 5 nitrogen and oxygen atoms in total. The lowest BCUT2D eigenvalue weighted by molar-refractivity contribution is 0.0245. The predicted octanol–water partition coefficient (Wildman–Crippen LogP) is 2.61. The molecule has 1 aromatic carbocycles. The van der Waals surface area contributed by atoms with Gasteiger partial charge in [-0.3, -0.25) is 0 Å². The highest BCUT2D eigenvalue weighted by atomic mass is 32.1. The Morgan fingerprint density at radius 3 is 2.94 bits per heavy atom. The molecule has 17 heavy (non-hydrogen) atoms. The molecule has 88 valence electrons. The molecule has 0 spiro atoms. The van der Waals surface area contributed by atoms with Crippen LogP contribution in [0.1, 0.15) is 11.7 Å². The highest BCUT2D eigenvalue weighted by Gasteiger charge is 2.17. The summed E-state index contributed by atoms with van der Waals surface area (Å²) in [6.45, 7) is -0.139. The Morgan fingerprint density at radius 1 is 1.35 bits per heavy atom. The maximum absolute atomic E-state index is 9.88. The quantitative estimate of drug-likeness (QED) is 0.495. The number of aliphatic hydroxyl groups excluding tert-OH is 2. The molecule has 0 saturated carbocycles. The van der Waals surface area contributed by atoms with Gasteiger partial charge in [0.15, 0.2) is 0 Å². The third-order valence-corrected chi connectivity index (χ3v) is 3.40. The highest BCUT2D eigenvalue weighted by Crippen LogP contribution is 2.26. The molecule has 0 aliphatic rings. The third kappa shape index (κ3) is 2.57. The second-order valence-electron chi connectivity index (χ2n) is 3.64. The Bertz CT molecular complexity index is 563. The van der Waals surface area contributed by atoms with Gasteiger partial charge in [-0.2, -0.15) is 0 Å². The van der Waals surface area contributed by atoms with Gasteiger partial charge in [0.25, 0.3) is 0 Å². The number of hydrogen-bond acceptors (Lipinski definition) is 4. The first-order valence-electron chi connectivity index (χ1n) is 5.06. The zero-order valence-electron chi connectivity index (χ0n) is 8.89. The van der Waals surface area contributed by atoms with Gasteiger partial charge < -0.3 is 10.2 Å². The van der Waals surface area contributed by atoms with E-state index in [1.54, 1.807) is 17.4 Å². The van der Waals surface area contributed by atoms with Crippen molar-refractivity contribution < 1.29 is 10.2 Å². The van der Waals surface area contributed by atoms with E-state index in [1.165, 1.54) is 0 Å². The van der Waals surface area contributed by atoms with Crippen LogP contribution in [0.5, 0.6) is 0 Å². The van der Waals surface area contributed by atoms with E-state index in [0.717, 1.165) is 10.1 Å². The van der Waals surface area contributed by atoms with E-state index in [1.807, 2.05) is 23.6 Å². The standard InChI is InChI=1S/C11H11N3O2S/c12-14-13-6-9(15)11(16)8-2-1-7-3-4-17-10(7)5-8/h1-5,9,11,15-16H,6H2. The van der Waals surface area contributed by atoms with Crippen molar-refractivity contribution in [1.29, 1.82) is 0 Å². The van der Waals surface area contributed by atoms with E-state index in [0.29, 0.717) is 5.56 Å². The topological polar surface area (TPSA) is 89.2 Å². The highest BCUT2D eigenvalue weighted by molar-refractivity contribution is 7.17. The van der Waals surface area contributed by atoms with Crippen LogP contribution in [0.2, 0.25) is 0 Å². The molecule has 2 atom stereocenters. The van der Waals surface area contributed by atoms with Crippen LogP contribution in [0.25, 0.3) is 20.5 Å². The summed E-state index contributed by atoms with van der Waals surface area (Å²) in [5.74, 6) is 0. The van der Waals surface area contributed by atoms with Gasteiger partial charge in [-0.15, -0.1) is 11.3 Å². The zero-order valence-corrected chi connectivity index (χ0v) is 9.71. The molecule has 0 aliphatic carbocycles. The van der Waals surface area contributed by atoms with Crippen molar-refractivity contribution in [2.45, 2.75) is 12.2 Å². The molecule has 0 saturated heterocycles. The van der Waals surface area contributed by atoms with Gasteiger partial charge in [0.05, 0.1) is 12.6 Å². The third-order valence-electron chi connectivity index (χ3n) is 2.52. The van der Waals surface area contributed by atoms with Crippen molar-refractivity contribution in [3.63, 3.8) is 0 Å². The molecule has 0 bridgehead atoms. The van der Waals surface area contributed by atoms with Crippen molar-refractivity contribution in [2.24, 2.45) is 5.11 Å². The second-order valence-corrected chi connectivity index (χ2v) is 4.59. The van der Waals surface area contributed by atoms with Crippen LogP contribution in [0.3, 0.4) is 0 Å². The minimum absolute atomic E-state index is 0.139. The maximum atomic E-state index is 9.88. The van der Waals surface area contributed by atoms with Gasteiger partial charge in [-0.1, -0.05) is 17.2 Å². The maximum Gasteiger partial charge on any atom is 0.105 e. The number of aliphatic hydroxyl groups is 2. The van der Waals surface area contributed by atoms with Crippen molar-refractivity contribution >= 4 is 21.4 Å². The Kier molecular flexibility index (Phi) is 3.61. The van der Waals surface area contributed by atoms with Gasteiger partial charge in [0, 0.05) is 9.61 Å². The van der Waals surface area contributed by atoms with Crippen LogP contribution in [0.15, 0.2) is 34.8 Å². The molecule has 2 N–H and O–H groups in total. The average molecular weight is 249 g/mol. The number of rotatable bonds is 4. The molecule has 2 rings (SSSR count). The first kappa shape index (κ1) is 11.9. The summed E-state index contributed by atoms with van der Waals surface area (Å²) in [5.41, 5.74) is 8.77. The predicted molar refractivity (Wildman–Crippen MR) is 66.8 cm³/mol. The molecule has 0 amide bonds. The van der Waals surface area contributed by atoms with Crippen molar-refractivity contribution in [3.05, 3.63) is 45.7 Å². The van der Waals surface area contributed by atoms with Crippen LogP contribution in [0.4, 0.5) is 0 Å². The Hall–Kier alpha value is -1.59. The summed E-state index contributed by atoms with van der Waals surface area (Å²) in [5, 5.41) is 25.8. The Labute approximate surface area is 102 Å². The summed E-state index contributed by atoms with van der Waals surface area (Å²) in [4.78, 5) is 2.55. The van der Waals surface area contributed by atoms with Crippen molar-refractivity contribution in [1.82, 2.24) is 0 Å². The molecule has 0 fully saturated rings. The van der Waals surface area contributed by atoms with Gasteiger partial charge in [0.2, 0.25) is 0 Å². The Morgan fingerprint density at radius 2 is 2.18 bits per heavy atom. The lowest BCUT2D eigenvalue weighted by atomic mass is 10.0. The van der Waals surface area contributed by atoms with Crippen molar-refractivity contribution in [2.75, 3.05) is 6.54 Å². The first-order chi connectivity index (χ1) is 8.22. The molecular formula is C11H11N3O2S. The summed E-state index contributed by atoms with van der Waals surface area (Å²) < 4.78 is 1.05. The molecule has 0 radical (unpaired) electrons. The normalized spacial score (nSPS) is 14.2. The number of nitrogens with zero attached hydrogens (tertiary/aromatic N) is 3. The van der Waals surface area contributed by atoms with E-state index >= 15 is 0 Å². The molecular weight excluding hydrogens is 238 g/mol.